The summed E-state index contributed by atoms with van der Waals surface area (Å²) in [5.74, 6) is 1.58. The van der Waals surface area contributed by atoms with Gasteiger partial charge < -0.3 is 14.2 Å². The Kier molecular flexibility index (Phi) is 6.41. The number of piperazine rings is 1. The van der Waals surface area contributed by atoms with Crippen molar-refractivity contribution < 1.29 is 13.6 Å². The van der Waals surface area contributed by atoms with Crippen LogP contribution in [-0.4, -0.2) is 57.5 Å². The summed E-state index contributed by atoms with van der Waals surface area (Å²) in [6.07, 6.45) is 3.41. The Balaban J connectivity index is 1.36. The molecule has 1 aliphatic rings. The highest BCUT2D eigenvalue weighted by Crippen LogP contribution is 2.27. The number of nitrogens with zero attached hydrogens (tertiary/aromatic N) is 5. The molecule has 162 valence electrons. The van der Waals surface area contributed by atoms with E-state index in [1.54, 1.807) is 24.5 Å². The average Bonchev–Trinajstić information content (AvgIpc) is 3.38. The third-order valence-electron chi connectivity index (χ3n) is 5.28. The number of carbonyl (C=O) groups excluding carboxylic acids is 1. The molecule has 1 aromatic carbocycles. The maximum absolute atomic E-state index is 13.1. The number of anilines is 1. The van der Waals surface area contributed by atoms with Gasteiger partial charge in [-0.05, 0) is 37.3 Å². The molecule has 0 N–H and O–H groups in total. The van der Waals surface area contributed by atoms with Crippen LogP contribution in [0.15, 0.2) is 58.8 Å². The largest absolute Gasteiger partial charge is 0.469 e. The maximum atomic E-state index is 13.1. The minimum Gasteiger partial charge on any atom is -0.469 e. The van der Waals surface area contributed by atoms with Crippen LogP contribution in [0.1, 0.15) is 5.76 Å². The van der Waals surface area contributed by atoms with Gasteiger partial charge >= 0.3 is 0 Å². The predicted octanol–water partition coefficient (Wildman–Crippen LogP) is 3.61. The zero-order valence-electron chi connectivity index (χ0n) is 17.3. The third kappa shape index (κ3) is 4.66. The molecule has 1 fully saturated rings. The molecule has 0 radical (unpaired) electrons. The van der Waals surface area contributed by atoms with Crippen molar-refractivity contribution in [2.75, 3.05) is 36.8 Å². The summed E-state index contributed by atoms with van der Waals surface area (Å²) in [5.41, 5.74) is 1.85. The summed E-state index contributed by atoms with van der Waals surface area (Å²) in [5, 5.41) is 9.26. The van der Waals surface area contributed by atoms with Gasteiger partial charge in [0.05, 0.1) is 17.6 Å². The lowest BCUT2D eigenvalue weighted by molar-refractivity contribution is -0.128. The van der Waals surface area contributed by atoms with E-state index in [1.165, 1.54) is 23.9 Å². The molecule has 3 aromatic rings. The lowest BCUT2D eigenvalue weighted by Gasteiger charge is -2.36. The van der Waals surface area contributed by atoms with Crippen molar-refractivity contribution in [2.24, 2.45) is 0 Å². The van der Waals surface area contributed by atoms with Crippen LogP contribution in [-0.2, 0) is 11.3 Å². The van der Waals surface area contributed by atoms with Gasteiger partial charge in [-0.15, -0.1) is 16.8 Å². The number of halogens is 1. The van der Waals surface area contributed by atoms with Crippen molar-refractivity contribution >= 4 is 23.4 Å². The lowest BCUT2D eigenvalue weighted by atomic mass is 10.2. The van der Waals surface area contributed by atoms with Crippen molar-refractivity contribution in [3.63, 3.8) is 0 Å². The first-order valence-electron chi connectivity index (χ1n) is 10.1. The number of aromatic nitrogens is 3. The Morgan fingerprint density at radius 2 is 1.94 bits per heavy atom. The van der Waals surface area contributed by atoms with Crippen LogP contribution in [0.2, 0.25) is 0 Å². The number of benzene rings is 1. The number of rotatable bonds is 7. The van der Waals surface area contributed by atoms with E-state index in [0.29, 0.717) is 30.6 Å². The molecule has 1 saturated heterocycles. The fourth-order valence-electron chi connectivity index (χ4n) is 3.59. The number of amides is 1. The quantitative estimate of drug-likeness (QED) is 0.412. The van der Waals surface area contributed by atoms with Gasteiger partial charge in [-0.1, -0.05) is 17.8 Å². The van der Waals surface area contributed by atoms with Crippen LogP contribution in [0.3, 0.4) is 0 Å². The van der Waals surface area contributed by atoms with Crippen LogP contribution in [0.4, 0.5) is 10.1 Å². The molecule has 0 saturated carbocycles. The fraction of sp³-hybridized carbons (Fsp3) is 0.318. The van der Waals surface area contributed by atoms with E-state index in [4.69, 9.17) is 4.42 Å². The van der Waals surface area contributed by atoms with Crippen LogP contribution in [0.5, 0.6) is 0 Å². The molecule has 1 aliphatic heterocycles. The Hall–Kier alpha value is -3.07. The van der Waals surface area contributed by atoms with Crippen molar-refractivity contribution in [3.8, 4) is 11.4 Å². The molecule has 0 atom stereocenters. The number of hydrogen-bond donors (Lipinski definition) is 0. The van der Waals surface area contributed by atoms with Crippen molar-refractivity contribution in [3.05, 3.63) is 60.8 Å². The van der Waals surface area contributed by atoms with E-state index in [9.17, 15) is 9.18 Å². The Labute approximate surface area is 184 Å². The zero-order chi connectivity index (χ0) is 21.8. The van der Waals surface area contributed by atoms with Gasteiger partial charge in [0.2, 0.25) is 5.91 Å². The fourth-order valence-corrected chi connectivity index (χ4v) is 4.44. The molecule has 1 amide bonds. The number of furan rings is 1. The number of thioether (sulfide) groups is 1. The monoisotopic (exact) mass is 441 g/mol. The molecular weight excluding hydrogens is 417 g/mol. The molecule has 3 heterocycles. The Morgan fingerprint density at radius 1 is 1.19 bits per heavy atom. The van der Waals surface area contributed by atoms with Gasteiger partial charge in [0.1, 0.15) is 11.6 Å². The highest BCUT2D eigenvalue weighted by Gasteiger charge is 2.23. The molecule has 7 nitrogen and oxygen atoms in total. The normalized spacial score (nSPS) is 14.1. The topological polar surface area (TPSA) is 67.4 Å². The summed E-state index contributed by atoms with van der Waals surface area (Å²) in [6, 6.07) is 8.33. The Bertz CT molecular complexity index is 1050. The highest BCUT2D eigenvalue weighted by molar-refractivity contribution is 7.99. The molecule has 0 bridgehead atoms. The van der Waals surface area contributed by atoms with Gasteiger partial charge in [-0.25, -0.2) is 4.39 Å². The lowest BCUT2D eigenvalue weighted by Crippen LogP contribution is -2.49. The van der Waals surface area contributed by atoms with Crippen LogP contribution >= 0.6 is 11.8 Å². The molecule has 9 heteroatoms. The second kappa shape index (κ2) is 9.38. The zero-order valence-corrected chi connectivity index (χ0v) is 18.1. The molecular formula is C22H24FN5O2S. The minimum absolute atomic E-state index is 0.0675. The van der Waals surface area contributed by atoms with Crippen LogP contribution in [0.25, 0.3) is 11.4 Å². The molecule has 0 spiro atoms. The Morgan fingerprint density at radius 3 is 2.58 bits per heavy atom. The van der Waals surface area contributed by atoms with Crippen molar-refractivity contribution in [1.82, 2.24) is 19.7 Å². The van der Waals surface area contributed by atoms with Crippen LogP contribution < -0.4 is 4.90 Å². The van der Waals surface area contributed by atoms with E-state index < -0.39 is 0 Å². The number of allylic oxidation sites excluding steroid dienone is 1. The first-order chi connectivity index (χ1) is 15.1. The van der Waals surface area contributed by atoms with E-state index in [0.717, 1.165) is 30.1 Å². The molecule has 0 aliphatic carbocycles. The molecule has 2 aromatic heterocycles. The SMILES string of the molecule is C=CCn1c(SCC(=O)N2CCN(c3ccc(F)cc3)CC2)nnc1-c1ccoc1C. The van der Waals surface area contributed by atoms with Gasteiger partial charge in [0, 0.05) is 38.4 Å². The second-order valence-corrected chi connectivity index (χ2v) is 8.17. The molecule has 0 unspecified atom stereocenters. The maximum Gasteiger partial charge on any atom is 0.233 e. The number of hydrogen-bond acceptors (Lipinski definition) is 6. The summed E-state index contributed by atoms with van der Waals surface area (Å²) in [7, 11) is 0. The van der Waals surface area contributed by atoms with Crippen molar-refractivity contribution in [1.29, 1.82) is 0 Å². The number of carbonyl (C=O) groups is 1. The summed E-state index contributed by atoms with van der Waals surface area (Å²) in [6.45, 7) is 8.95. The van der Waals surface area contributed by atoms with E-state index in [2.05, 4.69) is 21.7 Å². The second-order valence-electron chi connectivity index (χ2n) is 7.23. The van der Waals surface area contributed by atoms with E-state index in [-0.39, 0.29) is 17.5 Å². The smallest absolute Gasteiger partial charge is 0.233 e. The van der Waals surface area contributed by atoms with Gasteiger partial charge in [0.25, 0.3) is 0 Å². The molecule has 31 heavy (non-hydrogen) atoms. The highest BCUT2D eigenvalue weighted by atomic mass is 32.2. The van der Waals surface area contributed by atoms with E-state index >= 15 is 0 Å². The number of aryl methyl sites for hydroxylation is 1. The standard InChI is InChI=1S/C22H24FN5O2S/c1-3-9-28-21(19-8-14-30-16(19)2)24-25-22(28)31-15-20(29)27-12-10-26(11-13-27)18-6-4-17(23)5-7-18/h3-8,14H,1,9-13,15H2,2H3. The summed E-state index contributed by atoms with van der Waals surface area (Å²) in [4.78, 5) is 16.8. The minimum atomic E-state index is -0.245. The summed E-state index contributed by atoms with van der Waals surface area (Å²) < 4.78 is 20.5. The first-order valence-corrected chi connectivity index (χ1v) is 11.0. The van der Waals surface area contributed by atoms with Gasteiger partial charge in [-0.3, -0.25) is 9.36 Å². The third-order valence-corrected chi connectivity index (χ3v) is 6.23. The van der Waals surface area contributed by atoms with Gasteiger partial charge in [0.15, 0.2) is 11.0 Å². The average molecular weight is 442 g/mol. The van der Waals surface area contributed by atoms with Gasteiger partial charge in [-0.2, -0.15) is 0 Å². The molecule has 4 rings (SSSR count). The van der Waals surface area contributed by atoms with E-state index in [1.807, 2.05) is 22.5 Å². The summed E-state index contributed by atoms with van der Waals surface area (Å²) >= 11 is 1.38. The first kappa shape index (κ1) is 21.2. The predicted molar refractivity (Wildman–Crippen MR) is 119 cm³/mol. The van der Waals surface area contributed by atoms with Crippen molar-refractivity contribution in [2.45, 2.75) is 18.6 Å². The van der Waals surface area contributed by atoms with Crippen LogP contribution in [0, 0.1) is 12.7 Å².